The summed E-state index contributed by atoms with van der Waals surface area (Å²) in [5.41, 5.74) is 0.854. The van der Waals surface area contributed by atoms with Crippen LogP contribution in [0.4, 0.5) is 0 Å². The molecule has 68 valence electrons. The van der Waals surface area contributed by atoms with E-state index in [4.69, 9.17) is 5.11 Å². The van der Waals surface area contributed by atoms with Gasteiger partial charge in [0, 0.05) is 11.8 Å². The average molecular weight is 177 g/mol. The molecule has 0 bridgehead atoms. The number of aromatic carboxylic acids is 1. The first-order valence-electron chi connectivity index (χ1n) is 4.26. The van der Waals surface area contributed by atoms with Crippen LogP contribution >= 0.6 is 0 Å². The van der Waals surface area contributed by atoms with Crippen LogP contribution in [0, 0.1) is 12.1 Å². The van der Waals surface area contributed by atoms with Crippen LogP contribution in [0.1, 0.15) is 35.8 Å². The Kier molecular flexibility index (Phi) is 3.27. The maximum atomic E-state index is 10.4. The number of hydrogen-bond donors (Lipinski definition) is 1. The second kappa shape index (κ2) is 4.46. The number of aromatic nitrogens is 1. The Hall–Kier alpha value is -1.56. The smallest absolute Gasteiger partial charge is 0.363 e. The third kappa shape index (κ3) is 2.75. The summed E-state index contributed by atoms with van der Waals surface area (Å²) in [6.45, 7) is 2.10. The number of carboxylic acid groups (broad SMARTS) is 1. The zero-order valence-corrected chi connectivity index (χ0v) is 7.50. The summed E-state index contributed by atoms with van der Waals surface area (Å²) < 4.78 is 0. The van der Waals surface area contributed by atoms with Crippen molar-refractivity contribution in [2.75, 3.05) is 0 Å². The van der Waals surface area contributed by atoms with Gasteiger partial charge in [-0.05, 0) is 18.9 Å². The van der Waals surface area contributed by atoms with Gasteiger partial charge in [0.05, 0.1) is 0 Å². The average Bonchev–Trinajstić information content (AvgIpc) is 2.15. The highest BCUT2D eigenvalue weighted by molar-refractivity contribution is 5.84. The Morgan fingerprint density at radius 3 is 2.85 bits per heavy atom. The monoisotopic (exact) mass is 177 g/mol. The third-order valence-corrected chi connectivity index (χ3v) is 1.69. The molecular weight excluding hydrogens is 166 g/mol. The van der Waals surface area contributed by atoms with E-state index in [0.717, 1.165) is 24.8 Å². The molecule has 0 amide bonds. The van der Waals surface area contributed by atoms with E-state index in [1.165, 1.54) is 0 Å². The van der Waals surface area contributed by atoms with Gasteiger partial charge in [0.25, 0.3) is 0 Å². The molecule has 1 N–H and O–H groups in total. The van der Waals surface area contributed by atoms with Gasteiger partial charge >= 0.3 is 5.97 Å². The fourth-order valence-electron chi connectivity index (χ4n) is 0.949. The predicted molar refractivity (Wildman–Crippen MR) is 47.5 cm³/mol. The summed E-state index contributed by atoms with van der Waals surface area (Å²) >= 11 is 0. The Morgan fingerprint density at radius 2 is 2.38 bits per heavy atom. The van der Waals surface area contributed by atoms with Crippen LogP contribution in [-0.2, 0) is 6.42 Å². The van der Waals surface area contributed by atoms with Crippen LogP contribution in [0.25, 0.3) is 0 Å². The molecule has 0 saturated heterocycles. The number of carboxylic acids is 1. The molecule has 13 heavy (non-hydrogen) atoms. The first kappa shape index (κ1) is 9.53. The van der Waals surface area contributed by atoms with Gasteiger partial charge in [0.1, 0.15) is 0 Å². The molecule has 0 spiro atoms. The van der Waals surface area contributed by atoms with E-state index < -0.39 is 5.97 Å². The van der Waals surface area contributed by atoms with Crippen molar-refractivity contribution in [3.63, 3.8) is 0 Å². The Balaban J connectivity index is 2.64. The first-order chi connectivity index (χ1) is 6.24. The number of unbranched alkanes of at least 4 members (excludes halogenated alkanes) is 1. The summed E-state index contributed by atoms with van der Waals surface area (Å²) in [5.74, 6) is -1.06. The van der Waals surface area contributed by atoms with Crippen molar-refractivity contribution in [3.8, 4) is 0 Å². The van der Waals surface area contributed by atoms with Crippen LogP contribution in [0.3, 0.4) is 0 Å². The van der Waals surface area contributed by atoms with Crippen molar-refractivity contribution in [1.29, 1.82) is 0 Å². The molecule has 1 aromatic rings. The van der Waals surface area contributed by atoms with Crippen LogP contribution < -0.4 is 0 Å². The van der Waals surface area contributed by atoms with Crippen molar-refractivity contribution in [2.24, 2.45) is 0 Å². The van der Waals surface area contributed by atoms with Crippen LogP contribution in [0.5, 0.6) is 0 Å². The van der Waals surface area contributed by atoms with Crippen LogP contribution in [0.2, 0.25) is 0 Å². The standard InChI is InChI=1S/C10H11NO2/c1-2-3-4-8-5-6-9(10(12)13)11-7-8/h7H,2-4H2,1H3,(H,12,13). The van der Waals surface area contributed by atoms with E-state index in [-0.39, 0.29) is 5.69 Å². The molecule has 0 aliphatic heterocycles. The highest BCUT2D eigenvalue weighted by atomic mass is 16.4. The quantitative estimate of drug-likeness (QED) is 0.761. The van der Waals surface area contributed by atoms with E-state index in [1.54, 1.807) is 6.20 Å². The summed E-state index contributed by atoms with van der Waals surface area (Å²) in [4.78, 5) is 14.2. The van der Waals surface area contributed by atoms with Crippen molar-refractivity contribution in [1.82, 2.24) is 4.98 Å². The lowest BCUT2D eigenvalue weighted by Crippen LogP contribution is -1.98. The van der Waals surface area contributed by atoms with Crippen molar-refractivity contribution in [2.45, 2.75) is 26.2 Å². The second-order valence-electron chi connectivity index (χ2n) is 2.79. The Morgan fingerprint density at radius 1 is 1.62 bits per heavy atom. The lowest BCUT2D eigenvalue weighted by atomic mass is 10.1. The summed E-state index contributed by atoms with van der Waals surface area (Å²) in [7, 11) is 0. The van der Waals surface area contributed by atoms with Crippen molar-refractivity contribution < 1.29 is 9.90 Å². The minimum Gasteiger partial charge on any atom is -0.476 e. The molecule has 0 atom stereocenters. The number of rotatable bonds is 4. The highest BCUT2D eigenvalue weighted by Gasteiger charge is 2.01. The van der Waals surface area contributed by atoms with Gasteiger partial charge in [-0.15, -0.1) is 0 Å². The zero-order valence-electron chi connectivity index (χ0n) is 7.50. The van der Waals surface area contributed by atoms with E-state index in [2.05, 4.69) is 24.0 Å². The topological polar surface area (TPSA) is 50.2 Å². The largest absolute Gasteiger partial charge is 0.476 e. The fourth-order valence-corrected chi connectivity index (χ4v) is 0.949. The SMILES string of the molecule is CCCCc1c#cc(C(=O)O)nc1. The lowest BCUT2D eigenvalue weighted by molar-refractivity contribution is 0.0690. The number of hydrogen-bond acceptors (Lipinski definition) is 2. The fraction of sp³-hybridized carbons (Fsp3) is 0.400. The molecule has 0 aliphatic carbocycles. The van der Waals surface area contributed by atoms with E-state index >= 15 is 0 Å². The summed E-state index contributed by atoms with van der Waals surface area (Å²) in [5, 5.41) is 8.54. The Labute approximate surface area is 77.4 Å². The molecule has 0 aromatic carbocycles. The molecule has 0 aliphatic rings. The van der Waals surface area contributed by atoms with Gasteiger partial charge in [0.15, 0.2) is 5.69 Å². The molecule has 0 fully saturated rings. The predicted octanol–water partition coefficient (Wildman–Crippen LogP) is 1.72. The molecule has 0 unspecified atom stereocenters. The minimum absolute atomic E-state index is 0.0692. The highest BCUT2D eigenvalue weighted by Crippen LogP contribution is 2.00. The first-order valence-corrected chi connectivity index (χ1v) is 4.26. The number of carbonyl (C=O) groups is 1. The van der Waals surface area contributed by atoms with Gasteiger partial charge in [0.2, 0.25) is 0 Å². The molecule has 1 heterocycles. The number of nitrogens with zero attached hydrogens (tertiary/aromatic N) is 1. The lowest BCUT2D eigenvalue weighted by Gasteiger charge is -1.94. The normalized spacial score (nSPS) is 9.31. The summed E-state index contributed by atoms with van der Waals surface area (Å²) in [6.07, 6.45) is 4.61. The molecule has 1 rings (SSSR count). The Bertz CT molecular complexity index is 279. The minimum atomic E-state index is -1.06. The van der Waals surface area contributed by atoms with E-state index in [9.17, 15) is 4.79 Å². The second-order valence-corrected chi connectivity index (χ2v) is 2.79. The van der Waals surface area contributed by atoms with Gasteiger partial charge in [-0.2, -0.15) is 0 Å². The van der Waals surface area contributed by atoms with Crippen molar-refractivity contribution in [3.05, 3.63) is 29.6 Å². The van der Waals surface area contributed by atoms with Crippen molar-refractivity contribution >= 4 is 5.97 Å². The van der Waals surface area contributed by atoms with Gasteiger partial charge in [-0.3, -0.25) is 0 Å². The molecule has 3 nitrogen and oxygen atoms in total. The maximum Gasteiger partial charge on any atom is 0.363 e. The van der Waals surface area contributed by atoms with E-state index in [0.29, 0.717) is 0 Å². The van der Waals surface area contributed by atoms with Crippen LogP contribution in [0.15, 0.2) is 6.20 Å². The van der Waals surface area contributed by atoms with E-state index in [1.807, 2.05) is 0 Å². The number of aryl methyl sites for hydroxylation is 1. The third-order valence-electron chi connectivity index (χ3n) is 1.69. The molecule has 0 saturated carbocycles. The summed E-state index contributed by atoms with van der Waals surface area (Å²) in [6, 6.07) is 5.29. The zero-order chi connectivity index (χ0) is 9.68. The van der Waals surface area contributed by atoms with Gasteiger partial charge in [-0.1, -0.05) is 19.4 Å². The van der Waals surface area contributed by atoms with Gasteiger partial charge < -0.3 is 5.11 Å². The maximum absolute atomic E-state index is 10.4. The molecular formula is C10H11NO2. The molecule has 0 radical (unpaired) electrons. The van der Waals surface area contributed by atoms with Gasteiger partial charge in [-0.25, -0.2) is 9.78 Å². The molecule has 3 heteroatoms. The van der Waals surface area contributed by atoms with Crippen LogP contribution in [-0.4, -0.2) is 16.1 Å². The molecule has 1 aromatic heterocycles.